The fourth-order valence-corrected chi connectivity index (χ4v) is 1.97. The second kappa shape index (κ2) is 7.10. The Morgan fingerprint density at radius 1 is 1.14 bits per heavy atom. The Hall–Kier alpha value is -2.05. The van der Waals surface area contributed by atoms with Crippen molar-refractivity contribution in [3.63, 3.8) is 0 Å². The Balaban J connectivity index is 2.81. The molecule has 0 bridgehead atoms. The monoisotopic (exact) mass is 301 g/mol. The molecule has 0 fully saturated rings. The molecule has 1 amide bonds. The molecule has 0 N–H and O–H groups in total. The van der Waals surface area contributed by atoms with Gasteiger partial charge in [-0.25, -0.2) is 0 Å². The lowest BCUT2D eigenvalue weighted by Crippen LogP contribution is -2.23. The molecule has 0 spiro atoms. The number of nitroso groups, excluding NO2 is 1. The second-order valence-electron chi connectivity index (χ2n) is 4.85. The summed E-state index contributed by atoms with van der Waals surface area (Å²) in [6, 6.07) is 6.31. The normalized spacial score (nSPS) is 12.8. The lowest BCUT2D eigenvalue weighted by atomic mass is 9.94. The predicted molar refractivity (Wildman–Crippen MR) is 69.5 cm³/mol. The number of Topliss-reactive ketones (excluding diaryl/α,β-unsaturated/α-hetero) is 1. The third kappa shape index (κ3) is 6.29. The molecule has 21 heavy (non-hydrogen) atoms. The summed E-state index contributed by atoms with van der Waals surface area (Å²) in [5.41, 5.74) is 1.21. The first-order valence-electron chi connectivity index (χ1n) is 6.22. The molecule has 0 aliphatic rings. The number of rotatable bonds is 6. The Bertz CT molecular complexity index is 523. The Morgan fingerprint density at radius 2 is 1.67 bits per heavy atom. The van der Waals surface area contributed by atoms with Gasteiger partial charge >= 0.3 is 6.18 Å². The minimum absolute atomic E-state index is 0.0296. The minimum atomic E-state index is -4.54. The van der Waals surface area contributed by atoms with Crippen molar-refractivity contribution in [1.82, 2.24) is 0 Å². The lowest BCUT2D eigenvalue weighted by molar-refractivity contribution is -0.152. The summed E-state index contributed by atoms with van der Waals surface area (Å²) in [7, 11) is 0. The van der Waals surface area contributed by atoms with Crippen LogP contribution in [0.4, 0.5) is 13.2 Å². The smallest absolute Gasteiger partial charge is 0.300 e. The second-order valence-corrected chi connectivity index (χ2v) is 4.85. The number of carbonyl (C=O) groups is 2. The van der Waals surface area contributed by atoms with E-state index in [-0.39, 0.29) is 18.6 Å². The number of amides is 1. The molecule has 1 atom stereocenters. The van der Waals surface area contributed by atoms with Gasteiger partial charge in [-0.05, 0) is 24.5 Å². The minimum Gasteiger partial charge on any atom is -0.300 e. The van der Waals surface area contributed by atoms with Crippen molar-refractivity contribution in [3.05, 3.63) is 40.3 Å². The van der Waals surface area contributed by atoms with Gasteiger partial charge in [0.2, 0.25) is 0 Å². The van der Waals surface area contributed by atoms with E-state index in [9.17, 15) is 27.7 Å². The average Bonchev–Trinajstić information content (AvgIpc) is 2.37. The summed E-state index contributed by atoms with van der Waals surface area (Å²) in [4.78, 5) is 32.3. The third-order valence-electron chi connectivity index (χ3n) is 2.88. The topological polar surface area (TPSA) is 63.6 Å². The highest BCUT2D eigenvalue weighted by Crippen LogP contribution is 2.28. The van der Waals surface area contributed by atoms with E-state index in [0.717, 1.165) is 5.56 Å². The van der Waals surface area contributed by atoms with Crippen LogP contribution in [-0.2, 0) is 22.4 Å². The maximum absolute atomic E-state index is 12.4. The summed E-state index contributed by atoms with van der Waals surface area (Å²) >= 11 is 0. The van der Waals surface area contributed by atoms with Gasteiger partial charge in [-0.3, -0.25) is 9.59 Å². The van der Waals surface area contributed by atoms with E-state index in [1.807, 2.05) is 0 Å². The number of alkyl halides is 3. The predicted octanol–water partition coefficient (Wildman–Crippen LogP) is 3.22. The van der Waals surface area contributed by atoms with Crippen LogP contribution in [0.2, 0.25) is 0 Å². The van der Waals surface area contributed by atoms with E-state index >= 15 is 0 Å². The summed E-state index contributed by atoms with van der Waals surface area (Å²) in [5, 5.41) is 2.09. The van der Waals surface area contributed by atoms with Gasteiger partial charge in [-0.2, -0.15) is 13.2 Å². The SMILES string of the molecule is CC(=O)Cc1ccc(CC(CC(F)(F)F)C(=O)N=O)cc1. The van der Waals surface area contributed by atoms with E-state index in [1.165, 1.54) is 6.92 Å². The van der Waals surface area contributed by atoms with Crippen LogP contribution in [0.3, 0.4) is 0 Å². The summed E-state index contributed by atoms with van der Waals surface area (Å²) < 4.78 is 37.1. The molecule has 1 unspecified atom stereocenters. The maximum Gasteiger partial charge on any atom is 0.389 e. The van der Waals surface area contributed by atoms with Crippen molar-refractivity contribution < 1.29 is 22.8 Å². The molecular formula is C14H14F3NO3. The Morgan fingerprint density at radius 3 is 2.10 bits per heavy atom. The van der Waals surface area contributed by atoms with Crippen molar-refractivity contribution in [2.24, 2.45) is 11.1 Å². The van der Waals surface area contributed by atoms with Crippen molar-refractivity contribution in [1.29, 1.82) is 0 Å². The first-order valence-corrected chi connectivity index (χ1v) is 6.22. The number of hydrogen-bond acceptors (Lipinski definition) is 3. The van der Waals surface area contributed by atoms with Gasteiger partial charge in [0.05, 0.1) is 12.3 Å². The third-order valence-corrected chi connectivity index (χ3v) is 2.88. The van der Waals surface area contributed by atoms with Gasteiger partial charge < -0.3 is 0 Å². The first-order chi connectivity index (χ1) is 9.71. The van der Waals surface area contributed by atoms with Crippen LogP contribution in [0.25, 0.3) is 0 Å². The fraction of sp³-hybridized carbons (Fsp3) is 0.429. The molecule has 0 saturated carbocycles. The van der Waals surface area contributed by atoms with Gasteiger partial charge in [-0.1, -0.05) is 24.3 Å². The summed E-state index contributed by atoms with van der Waals surface area (Å²) in [6.07, 6.45) is -5.90. The van der Waals surface area contributed by atoms with Crippen molar-refractivity contribution in [2.45, 2.75) is 32.4 Å². The van der Waals surface area contributed by atoms with Gasteiger partial charge in [0.15, 0.2) is 0 Å². The number of ketones is 1. The van der Waals surface area contributed by atoms with Gasteiger partial charge in [-0.15, -0.1) is 4.91 Å². The zero-order chi connectivity index (χ0) is 16.0. The highest BCUT2D eigenvalue weighted by molar-refractivity contribution is 5.79. The molecule has 0 aliphatic carbocycles. The molecule has 0 saturated heterocycles. The fourth-order valence-electron chi connectivity index (χ4n) is 1.97. The standard InChI is InChI=1S/C14H14F3NO3/c1-9(19)6-10-2-4-11(5-3-10)7-12(13(20)18-21)8-14(15,16)17/h2-5,12H,6-8H2,1H3. The van der Waals surface area contributed by atoms with Crippen molar-refractivity contribution >= 4 is 11.7 Å². The largest absolute Gasteiger partial charge is 0.389 e. The van der Waals surface area contributed by atoms with Crippen molar-refractivity contribution in [3.8, 4) is 0 Å². The van der Waals surface area contributed by atoms with Crippen LogP contribution in [-0.4, -0.2) is 17.9 Å². The number of hydrogen-bond donors (Lipinski definition) is 0. The molecule has 4 nitrogen and oxygen atoms in total. The lowest BCUT2D eigenvalue weighted by Gasteiger charge is -2.14. The van der Waals surface area contributed by atoms with E-state index in [1.54, 1.807) is 24.3 Å². The van der Waals surface area contributed by atoms with Gasteiger partial charge in [0, 0.05) is 11.6 Å². The molecule has 1 rings (SSSR count). The van der Waals surface area contributed by atoms with Crippen LogP contribution in [0, 0.1) is 10.8 Å². The maximum atomic E-state index is 12.4. The van der Waals surface area contributed by atoms with Crippen LogP contribution < -0.4 is 0 Å². The number of halogens is 3. The van der Waals surface area contributed by atoms with Crippen LogP contribution in [0.1, 0.15) is 24.5 Å². The number of nitrogens with zero attached hydrogens (tertiary/aromatic N) is 1. The molecule has 0 aliphatic heterocycles. The molecule has 1 aromatic rings. The van der Waals surface area contributed by atoms with Crippen LogP contribution >= 0.6 is 0 Å². The van der Waals surface area contributed by atoms with E-state index in [0.29, 0.717) is 5.56 Å². The number of carbonyl (C=O) groups excluding carboxylic acids is 2. The number of benzene rings is 1. The summed E-state index contributed by atoms with van der Waals surface area (Å²) in [5.74, 6) is -2.85. The molecule has 0 aromatic heterocycles. The molecule has 1 aromatic carbocycles. The van der Waals surface area contributed by atoms with E-state index < -0.39 is 24.4 Å². The highest BCUT2D eigenvalue weighted by atomic mass is 19.4. The highest BCUT2D eigenvalue weighted by Gasteiger charge is 2.35. The van der Waals surface area contributed by atoms with Crippen molar-refractivity contribution in [2.75, 3.05) is 0 Å². The Labute approximate surface area is 119 Å². The van der Waals surface area contributed by atoms with Crippen LogP contribution in [0.15, 0.2) is 29.4 Å². The van der Waals surface area contributed by atoms with Gasteiger partial charge in [0.1, 0.15) is 5.78 Å². The molecule has 7 heteroatoms. The molecular weight excluding hydrogens is 287 g/mol. The van der Waals surface area contributed by atoms with E-state index in [4.69, 9.17) is 0 Å². The molecule has 0 heterocycles. The molecule has 0 radical (unpaired) electrons. The Kier molecular flexibility index (Phi) is 5.75. The van der Waals surface area contributed by atoms with Crippen LogP contribution in [0.5, 0.6) is 0 Å². The zero-order valence-corrected chi connectivity index (χ0v) is 11.3. The molecule has 114 valence electrons. The average molecular weight is 301 g/mol. The quantitative estimate of drug-likeness (QED) is 0.758. The summed E-state index contributed by atoms with van der Waals surface area (Å²) in [6.45, 7) is 1.43. The first kappa shape index (κ1) is 17.0. The zero-order valence-electron chi connectivity index (χ0n) is 11.3. The van der Waals surface area contributed by atoms with E-state index in [2.05, 4.69) is 5.18 Å². The van der Waals surface area contributed by atoms with Gasteiger partial charge in [0.25, 0.3) is 5.91 Å².